The van der Waals surface area contributed by atoms with Crippen LogP contribution < -0.4 is 5.32 Å². The maximum atomic E-state index is 12.6. The fourth-order valence-corrected chi connectivity index (χ4v) is 2.27. The predicted molar refractivity (Wildman–Crippen MR) is 61.0 cm³/mol. The maximum Gasteiger partial charge on any atom is 0.416 e. The van der Waals surface area contributed by atoms with E-state index in [2.05, 4.69) is 26.0 Å². The van der Waals surface area contributed by atoms with Crippen molar-refractivity contribution in [2.24, 2.45) is 0 Å². The molecular weight excluding hydrogens is 315 g/mol. The number of hydrogen-bond acceptors (Lipinski definition) is 2. The molecule has 1 aliphatic heterocycles. The number of cyclic esters (lactones) is 1. The quantitative estimate of drug-likeness (QED) is 0.856. The van der Waals surface area contributed by atoms with Gasteiger partial charge in [0.05, 0.1) is 18.2 Å². The van der Waals surface area contributed by atoms with Crippen LogP contribution in [0.1, 0.15) is 23.6 Å². The Morgan fingerprint density at radius 3 is 2.72 bits per heavy atom. The Labute approximate surface area is 109 Å². The van der Waals surface area contributed by atoms with Crippen LogP contribution in [-0.2, 0) is 10.9 Å². The summed E-state index contributed by atoms with van der Waals surface area (Å²) in [5, 5.41) is 2.49. The molecule has 0 aliphatic carbocycles. The Hall–Kier alpha value is -1.24. The molecule has 98 valence electrons. The Balaban J connectivity index is 2.34. The van der Waals surface area contributed by atoms with Crippen LogP contribution >= 0.6 is 15.9 Å². The number of carbonyl (C=O) groups is 1. The second kappa shape index (κ2) is 4.79. The maximum absolute atomic E-state index is 12.6. The highest BCUT2D eigenvalue weighted by Crippen LogP contribution is 2.35. The highest BCUT2D eigenvalue weighted by Gasteiger charge is 2.32. The third kappa shape index (κ3) is 2.77. The topological polar surface area (TPSA) is 38.3 Å². The van der Waals surface area contributed by atoms with E-state index < -0.39 is 23.9 Å². The minimum Gasteiger partial charge on any atom is -0.449 e. The molecule has 1 amide bonds. The van der Waals surface area contributed by atoms with Crippen molar-refractivity contribution in [2.75, 3.05) is 6.61 Å². The molecule has 1 aliphatic rings. The summed E-state index contributed by atoms with van der Waals surface area (Å²) in [7, 11) is 0. The van der Waals surface area contributed by atoms with E-state index in [-0.39, 0.29) is 6.61 Å². The number of alkyl carbamates (subject to hydrolysis) is 1. The molecule has 0 radical (unpaired) electrons. The Morgan fingerprint density at radius 1 is 1.39 bits per heavy atom. The van der Waals surface area contributed by atoms with Crippen molar-refractivity contribution < 1.29 is 22.7 Å². The normalized spacial score (nSPS) is 20.2. The van der Waals surface area contributed by atoms with Gasteiger partial charge in [-0.15, -0.1) is 0 Å². The lowest BCUT2D eigenvalue weighted by molar-refractivity contribution is -0.137. The molecule has 0 spiro atoms. The van der Waals surface area contributed by atoms with E-state index in [9.17, 15) is 18.0 Å². The SMILES string of the molecule is O=C1N[C@H](c2cc(C(F)(F)F)ccc2Br)CCO1. The average Bonchev–Trinajstić information content (AvgIpc) is 2.28. The number of benzene rings is 1. The summed E-state index contributed by atoms with van der Waals surface area (Å²) in [5.74, 6) is 0. The zero-order valence-electron chi connectivity index (χ0n) is 9.05. The minimum absolute atomic E-state index is 0.194. The number of nitrogens with one attached hydrogen (secondary N) is 1. The van der Waals surface area contributed by atoms with Crippen LogP contribution in [0.25, 0.3) is 0 Å². The molecule has 1 atom stereocenters. The van der Waals surface area contributed by atoms with E-state index in [4.69, 9.17) is 0 Å². The third-order valence-corrected chi connectivity index (χ3v) is 3.35. The molecule has 7 heteroatoms. The Kier molecular flexibility index (Phi) is 3.52. The van der Waals surface area contributed by atoms with E-state index in [1.165, 1.54) is 6.07 Å². The molecule has 2 rings (SSSR count). The van der Waals surface area contributed by atoms with Crippen molar-refractivity contribution in [1.29, 1.82) is 0 Å². The Morgan fingerprint density at radius 2 is 2.11 bits per heavy atom. The summed E-state index contributed by atoms with van der Waals surface area (Å²) >= 11 is 3.19. The van der Waals surface area contributed by atoms with Gasteiger partial charge in [-0.25, -0.2) is 4.79 Å². The van der Waals surface area contributed by atoms with E-state index in [1.54, 1.807) is 0 Å². The fourth-order valence-electron chi connectivity index (χ4n) is 1.75. The van der Waals surface area contributed by atoms with Gasteiger partial charge in [0, 0.05) is 10.9 Å². The molecule has 1 aromatic rings. The number of carbonyl (C=O) groups excluding carboxylic acids is 1. The lowest BCUT2D eigenvalue weighted by Crippen LogP contribution is -2.35. The van der Waals surface area contributed by atoms with Gasteiger partial charge in [-0.1, -0.05) is 15.9 Å². The van der Waals surface area contributed by atoms with Crippen molar-refractivity contribution >= 4 is 22.0 Å². The van der Waals surface area contributed by atoms with Crippen molar-refractivity contribution in [2.45, 2.75) is 18.6 Å². The molecular formula is C11H9BrF3NO2. The lowest BCUT2D eigenvalue weighted by Gasteiger charge is -2.25. The van der Waals surface area contributed by atoms with Crippen molar-refractivity contribution in [3.63, 3.8) is 0 Å². The van der Waals surface area contributed by atoms with Crippen LogP contribution in [0.4, 0.5) is 18.0 Å². The molecule has 0 saturated carbocycles. The van der Waals surface area contributed by atoms with E-state index in [0.29, 0.717) is 16.5 Å². The number of alkyl halides is 3. The summed E-state index contributed by atoms with van der Waals surface area (Å²) in [4.78, 5) is 11.1. The van der Waals surface area contributed by atoms with Crippen molar-refractivity contribution in [3.05, 3.63) is 33.8 Å². The van der Waals surface area contributed by atoms with Crippen LogP contribution in [-0.4, -0.2) is 12.7 Å². The van der Waals surface area contributed by atoms with E-state index in [0.717, 1.165) is 12.1 Å². The van der Waals surface area contributed by atoms with Gasteiger partial charge in [-0.05, 0) is 23.8 Å². The predicted octanol–water partition coefficient (Wildman–Crippen LogP) is 3.64. The van der Waals surface area contributed by atoms with Gasteiger partial charge in [-0.3, -0.25) is 0 Å². The summed E-state index contributed by atoms with van der Waals surface area (Å²) in [6, 6.07) is 2.90. The van der Waals surface area contributed by atoms with E-state index >= 15 is 0 Å². The van der Waals surface area contributed by atoms with Crippen LogP contribution in [0.3, 0.4) is 0 Å². The smallest absolute Gasteiger partial charge is 0.416 e. The second-order valence-electron chi connectivity index (χ2n) is 3.86. The number of halogens is 4. The summed E-state index contributed by atoms with van der Waals surface area (Å²) in [6.07, 6.45) is -4.58. The summed E-state index contributed by atoms with van der Waals surface area (Å²) in [5.41, 5.74) is -0.331. The van der Waals surface area contributed by atoms with Crippen LogP contribution in [0, 0.1) is 0 Å². The van der Waals surface area contributed by atoms with Crippen molar-refractivity contribution in [1.82, 2.24) is 5.32 Å². The highest BCUT2D eigenvalue weighted by molar-refractivity contribution is 9.10. The van der Waals surface area contributed by atoms with Crippen LogP contribution in [0.15, 0.2) is 22.7 Å². The molecule has 3 nitrogen and oxygen atoms in total. The summed E-state index contributed by atoms with van der Waals surface area (Å²) in [6.45, 7) is 0.194. The van der Waals surface area contributed by atoms with Gasteiger partial charge in [0.25, 0.3) is 0 Å². The van der Waals surface area contributed by atoms with Crippen molar-refractivity contribution in [3.8, 4) is 0 Å². The zero-order valence-corrected chi connectivity index (χ0v) is 10.6. The lowest BCUT2D eigenvalue weighted by atomic mass is 10.0. The zero-order chi connectivity index (χ0) is 13.3. The van der Waals surface area contributed by atoms with Gasteiger partial charge >= 0.3 is 12.3 Å². The molecule has 1 saturated heterocycles. The number of rotatable bonds is 1. The minimum atomic E-state index is -4.40. The van der Waals surface area contributed by atoms with Gasteiger partial charge in [0.1, 0.15) is 0 Å². The largest absolute Gasteiger partial charge is 0.449 e. The number of amides is 1. The molecule has 0 unspecified atom stereocenters. The molecule has 0 bridgehead atoms. The molecule has 1 heterocycles. The standard InChI is InChI=1S/C11H9BrF3NO2/c12-8-2-1-6(11(13,14)15)5-7(8)9-3-4-18-10(17)16-9/h1-2,5,9H,3-4H2,(H,16,17)/t9-/m0/s1. The van der Waals surface area contributed by atoms with Gasteiger partial charge in [-0.2, -0.15) is 13.2 Å². The first-order chi connectivity index (χ1) is 8.38. The number of hydrogen-bond donors (Lipinski definition) is 1. The first-order valence-electron chi connectivity index (χ1n) is 5.18. The molecule has 18 heavy (non-hydrogen) atoms. The van der Waals surface area contributed by atoms with E-state index in [1.807, 2.05) is 0 Å². The van der Waals surface area contributed by atoms with Gasteiger partial charge in [0.15, 0.2) is 0 Å². The Bertz CT molecular complexity index is 476. The third-order valence-electron chi connectivity index (χ3n) is 2.63. The molecule has 1 fully saturated rings. The summed E-state index contributed by atoms with van der Waals surface area (Å²) < 4.78 is 43.1. The van der Waals surface area contributed by atoms with Crippen LogP contribution in [0.2, 0.25) is 0 Å². The second-order valence-corrected chi connectivity index (χ2v) is 4.71. The molecule has 1 N–H and O–H groups in total. The van der Waals surface area contributed by atoms with Gasteiger partial charge < -0.3 is 10.1 Å². The highest BCUT2D eigenvalue weighted by atomic mass is 79.9. The fraction of sp³-hybridized carbons (Fsp3) is 0.364. The monoisotopic (exact) mass is 323 g/mol. The first-order valence-corrected chi connectivity index (χ1v) is 5.97. The molecule has 1 aromatic carbocycles. The van der Waals surface area contributed by atoms with Gasteiger partial charge in [0.2, 0.25) is 0 Å². The average molecular weight is 324 g/mol. The first kappa shape index (κ1) is 13.2. The number of ether oxygens (including phenoxy) is 1. The molecule has 0 aromatic heterocycles. The van der Waals surface area contributed by atoms with Crippen LogP contribution in [0.5, 0.6) is 0 Å².